The van der Waals surface area contributed by atoms with E-state index in [1.165, 1.54) is 16.7 Å². The van der Waals surface area contributed by atoms with Crippen LogP contribution in [0.2, 0.25) is 5.02 Å². The van der Waals surface area contributed by atoms with Crippen LogP contribution in [0.15, 0.2) is 72.8 Å². The van der Waals surface area contributed by atoms with Crippen molar-refractivity contribution in [3.8, 4) is 11.1 Å². The van der Waals surface area contributed by atoms with E-state index in [0.29, 0.717) is 16.3 Å². The summed E-state index contributed by atoms with van der Waals surface area (Å²) in [6, 6.07) is 21.4. The van der Waals surface area contributed by atoms with Gasteiger partial charge in [0, 0.05) is 5.56 Å². The fourth-order valence-corrected chi connectivity index (χ4v) is 3.46. The van der Waals surface area contributed by atoms with Gasteiger partial charge in [0.15, 0.2) is 0 Å². The van der Waals surface area contributed by atoms with Crippen LogP contribution in [0.5, 0.6) is 0 Å². The summed E-state index contributed by atoms with van der Waals surface area (Å²) in [5, 5.41) is 3.38. The van der Waals surface area contributed by atoms with Gasteiger partial charge in [0.2, 0.25) is 0 Å². The van der Waals surface area contributed by atoms with Crippen LogP contribution in [-0.2, 0) is 6.42 Å². The van der Waals surface area contributed by atoms with Crippen LogP contribution in [0, 0.1) is 0 Å². The molecule has 3 aromatic rings. The van der Waals surface area contributed by atoms with E-state index in [4.69, 9.17) is 11.6 Å². The van der Waals surface area contributed by atoms with Gasteiger partial charge in [-0.15, -0.1) is 0 Å². The van der Waals surface area contributed by atoms with Crippen LogP contribution in [0.25, 0.3) is 17.2 Å². The summed E-state index contributed by atoms with van der Waals surface area (Å²) in [6.07, 6.45) is 6.60. The molecule has 0 fully saturated rings. The van der Waals surface area contributed by atoms with Gasteiger partial charge in [-0.25, -0.2) is 0 Å². The van der Waals surface area contributed by atoms with E-state index >= 15 is 0 Å². The van der Waals surface area contributed by atoms with Gasteiger partial charge in [0.05, 0.1) is 10.7 Å². The van der Waals surface area contributed by atoms with Gasteiger partial charge in [-0.05, 0) is 59.4 Å². The maximum absolute atomic E-state index is 12.5. The molecule has 3 heteroatoms. The summed E-state index contributed by atoms with van der Waals surface area (Å²) < 4.78 is 0. The average molecular weight is 360 g/mol. The summed E-state index contributed by atoms with van der Waals surface area (Å²) >= 11 is 6.11. The number of hydrogen-bond donors (Lipinski definition) is 1. The summed E-state index contributed by atoms with van der Waals surface area (Å²) in [4.78, 5) is 12.5. The smallest absolute Gasteiger partial charge is 0.255 e. The van der Waals surface area contributed by atoms with E-state index in [-0.39, 0.29) is 5.91 Å². The first-order chi connectivity index (χ1) is 12.7. The number of halogens is 1. The lowest BCUT2D eigenvalue weighted by atomic mass is 9.90. The summed E-state index contributed by atoms with van der Waals surface area (Å²) in [5.74, 6) is -0.167. The van der Waals surface area contributed by atoms with Gasteiger partial charge in [-0.3, -0.25) is 4.79 Å². The second-order valence-corrected chi connectivity index (χ2v) is 6.74. The molecular formula is C23H18ClNO. The van der Waals surface area contributed by atoms with Gasteiger partial charge in [0.1, 0.15) is 0 Å². The summed E-state index contributed by atoms with van der Waals surface area (Å²) in [5.41, 5.74) is 6.20. The fraction of sp³-hybridized carbons (Fsp3) is 0.0870. The Balaban J connectivity index is 1.59. The Hall–Kier alpha value is -2.84. The summed E-state index contributed by atoms with van der Waals surface area (Å²) in [6.45, 7) is 0. The Morgan fingerprint density at radius 2 is 1.73 bits per heavy atom. The van der Waals surface area contributed by atoms with E-state index in [0.717, 1.165) is 18.4 Å². The quantitative estimate of drug-likeness (QED) is 0.591. The molecule has 1 aliphatic rings. The van der Waals surface area contributed by atoms with Crippen LogP contribution in [0.1, 0.15) is 27.9 Å². The minimum absolute atomic E-state index is 0.167. The summed E-state index contributed by atoms with van der Waals surface area (Å²) in [7, 11) is 0. The first-order valence-electron chi connectivity index (χ1n) is 8.67. The molecule has 128 valence electrons. The fourth-order valence-electron chi connectivity index (χ4n) is 3.28. The molecule has 0 spiro atoms. The predicted octanol–water partition coefficient (Wildman–Crippen LogP) is 6.22. The van der Waals surface area contributed by atoms with Gasteiger partial charge in [0.25, 0.3) is 5.91 Å². The molecule has 0 aliphatic heterocycles. The highest BCUT2D eigenvalue weighted by Gasteiger charge is 2.12. The topological polar surface area (TPSA) is 29.1 Å². The van der Waals surface area contributed by atoms with Crippen LogP contribution < -0.4 is 5.32 Å². The highest BCUT2D eigenvalue weighted by atomic mass is 35.5. The Morgan fingerprint density at radius 3 is 2.54 bits per heavy atom. The molecule has 3 aromatic carbocycles. The maximum Gasteiger partial charge on any atom is 0.255 e. The van der Waals surface area contributed by atoms with Gasteiger partial charge in [-0.2, -0.15) is 0 Å². The van der Waals surface area contributed by atoms with E-state index in [2.05, 4.69) is 35.7 Å². The number of allylic oxidation sites excluding steroid dienone is 1. The minimum Gasteiger partial charge on any atom is -0.321 e. The SMILES string of the molecule is O=C(Nc1ccccc1Cl)c1ccc(-c2cccc3c2C=CCC3)cc1. The van der Waals surface area contributed by atoms with Crippen molar-refractivity contribution in [2.75, 3.05) is 5.32 Å². The Bertz CT molecular complexity index is 989. The van der Waals surface area contributed by atoms with Gasteiger partial charge < -0.3 is 5.32 Å². The first-order valence-corrected chi connectivity index (χ1v) is 9.05. The largest absolute Gasteiger partial charge is 0.321 e. The molecule has 1 aliphatic carbocycles. The van der Waals surface area contributed by atoms with Crippen LogP contribution in [0.3, 0.4) is 0 Å². The molecule has 1 N–H and O–H groups in total. The van der Waals surface area contributed by atoms with E-state index in [1.54, 1.807) is 12.1 Å². The van der Waals surface area contributed by atoms with Crippen molar-refractivity contribution in [2.24, 2.45) is 0 Å². The van der Waals surface area contributed by atoms with Crippen molar-refractivity contribution in [1.82, 2.24) is 0 Å². The standard InChI is InChI=1S/C23H18ClNO/c24-21-10-3-4-11-22(21)25-23(26)18-14-12-17(13-15-18)20-9-5-7-16-6-1-2-8-19(16)20/h2-5,7-15H,1,6H2,(H,25,26). The second kappa shape index (κ2) is 7.19. The number of anilines is 1. The third kappa shape index (κ3) is 3.29. The molecule has 0 unspecified atom stereocenters. The number of benzene rings is 3. The molecule has 0 aromatic heterocycles. The molecule has 0 radical (unpaired) electrons. The molecule has 0 saturated heterocycles. The lowest BCUT2D eigenvalue weighted by Crippen LogP contribution is -2.12. The Labute approximate surface area is 158 Å². The molecule has 0 atom stereocenters. The zero-order valence-corrected chi connectivity index (χ0v) is 15.0. The van der Waals surface area contributed by atoms with E-state index < -0.39 is 0 Å². The zero-order chi connectivity index (χ0) is 17.9. The zero-order valence-electron chi connectivity index (χ0n) is 14.2. The number of para-hydroxylation sites is 1. The lowest BCUT2D eigenvalue weighted by molar-refractivity contribution is 0.102. The number of aryl methyl sites for hydroxylation is 1. The van der Waals surface area contributed by atoms with Crippen LogP contribution in [0.4, 0.5) is 5.69 Å². The maximum atomic E-state index is 12.5. The van der Waals surface area contributed by atoms with Crippen molar-refractivity contribution < 1.29 is 4.79 Å². The number of carbonyl (C=O) groups excluding carboxylic acids is 1. The molecular weight excluding hydrogens is 342 g/mol. The van der Waals surface area contributed by atoms with Crippen molar-refractivity contribution in [3.05, 3.63) is 94.5 Å². The van der Waals surface area contributed by atoms with Crippen LogP contribution in [-0.4, -0.2) is 5.91 Å². The second-order valence-electron chi connectivity index (χ2n) is 6.33. The highest BCUT2D eigenvalue weighted by molar-refractivity contribution is 6.33. The van der Waals surface area contributed by atoms with Crippen molar-refractivity contribution >= 4 is 29.3 Å². The van der Waals surface area contributed by atoms with Crippen molar-refractivity contribution in [1.29, 1.82) is 0 Å². The Morgan fingerprint density at radius 1 is 0.923 bits per heavy atom. The highest BCUT2D eigenvalue weighted by Crippen LogP contribution is 2.31. The van der Waals surface area contributed by atoms with Crippen molar-refractivity contribution in [2.45, 2.75) is 12.8 Å². The number of rotatable bonds is 3. The average Bonchev–Trinajstić information content (AvgIpc) is 2.69. The third-order valence-electron chi connectivity index (χ3n) is 4.64. The molecule has 0 bridgehead atoms. The predicted molar refractivity (Wildman–Crippen MR) is 109 cm³/mol. The van der Waals surface area contributed by atoms with Gasteiger partial charge in [-0.1, -0.05) is 66.2 Å². The molecule has 1 amide bonds. The van der Waals surface area contributed by atoms with Crippen molar-refractivity contribution in [3.63, 3.8) is 0 Å². The normalized spacial score (nSPS) is 12.5. The molecule has 4 rings (SSSR count). The Kier molecular flexibility index (Phi) is 4.59. The van der Waals surface area contributed by atoms with E-state index in [9.17, 15) is 4.79 Å². The number of amides is 1. The molecule has 2 nitrogen and oxygen atoms in total. The third-order valence-corrected chi connectivity index (χ3v) is 4.97. The first kappa shape index (κ1) is 16.6. The minimum atomic E-state index is -0.167. The van der Waals surface area contributed by atoms with Crippen LogP contribution >= 0.6 is 11.6 Å². The number of hydrogen-bond acceptors (Lipinski definition) is 1. The number of nitrogens with one attached hydrogen (secondary N) is 1. The molecule has 0 heterocycles. The van der Waals surface area contributed by atoms with Gasteiger partial charge >= 0.3 is 0 Å². The number of carbonyl (C=O) groups is 1. The monoisotopic (exact) mass is 359 g/mol. The molecule has 26 heavy (non-hydrogen) atoms. The lowest BCUT2D eigenvalue weighted by Gasteiger charge is -2.15. The van der Waals surface area contributed by atoms with E-state index in [1.807, 2.05) is 36.4 Å². The molecule has 0 saturated carbocycles. The number of fused-ring (bicyclic) bond motifs is 1.